The van der Waals surface area contributed by atoms with E-state index in [0.717, 1.165) is 29.4 Å². The van der Waals surface area contributed by atoms with Gasteiger partial charge in [-0.3, -0.25) is 0 Å². The van der Waals surface area contributed by atoms with Crippen LogP contribution in [0.1, 0.15) is 18.9 Å². The van der Waals surface area contributed by atoms with E-state index in [1.807, 2.05) is 60.8 Å². The van der Waals surface area contributed by atoms with Gasteiger partial charge in [0.05, 0.1) is 6.33 Å². The molecule has 0 radical (unpaired) electrons. The molecule has 1 unspecified atom stereocenters. The molecule has 0 aliphatic carbocycles. The zero-order chi connectivity index (χ0) is 17.7. The molecule has 25 heavy (non-hydrogen) atoms. The Morgan fingerprint density at radius 1 is 1.08 bits per heavy atom. The molecular weight excluding hydrogens is 371 g/mol. The van der Waals surface area contributed by atoms with Crippen LogP contribution in [0.5, 0.6) is 0 Å². The van der Waals surface area contributed by atoms with Crippen molar-refractivity contribution in [2.75, 3.05) is 0 Å². The summed E-state index contributed by atoms with van der Waals surface area (Å²) in [7, 11) is 0. The average molecular weight is 391 g/mol. The first-order valence-electron chi connectivity index (χ1n) is 8.18. The fraction of sp³-hybridized carbons (Fsp3) is 0.250. The van der Waals surface area contributed by atoms with Crippen LogP contribution in [0.15, 0.2) is 72.1 Å². The molecule has 0 saturated heterocycles. The molecule has 5 heteroatoms. The molecule has 2 nitrogen and oxygen atoms in total. The second kappa shape index (κ2) is 8.31. The van der Waals surface area contributed by atoms with E-state index in [4.69, 9.17) is 23.2 Å². The number of benzene rings is 2. The third kappa shape index (κ3) is 5.27. The SMILES string of the molecule is CC(CCc1ccccc1Cl)(Cn1ccnc1)Sc1ccc(Cl)cc1. The first kappa shape index (κ1) is 18.4. The number of halogens is 2. The van der Waals surface area contributed by atoms with Gasteiger partial charge in [-0.15, -0.1) is 11.8 Å². The molecule has 3 aromatic rings. The van der Waals surface area contributed by atoms with Gasteiger partial charge in [0.2, 0.25) is 0 Å². The minimum atomic E-state index is 0.00764. The summed E-state index contributed by atoms with van der Waals surface area (Å²) in [6, 6.07) is 16.1. The molecule has 0 fully saturated rings. The highest BCUT2D eigenvalue weighted by atomic mass is 35.5. The first-order valence-corrected chi connectivity index (χ1v) is 9.75. The van der Waals surface area contributed by atoms with E-state index >= 15 is 0 Å². The Hall–Kier alpha value is -1.42. The van der Waals surface area contributed by atoms with Crippen LogP contribution in [0.25, 0.3) is 0 Å². The molecule has 0 aliphatic rings. The summed E-state index contributed by atoms with van der Waals surface area (Å²) in [5.41, 5.74) is 1.19. The summed E-state index contributed by atoms with van der Waals surface area (Å²) >= 11 is 14.2. The monoisotopic (exact) mass is 390 g/mol. The molecule has 0 bridgehead atoms. The van der Waals surface area contributed by atoms with Gasteiger partial charge in [-0.05, 0) is 55.7 Å². The van der Waals surface area contributed by atoms with Gasteiger partial charge in [-0.1, -0.05) is 41.4 Å². The minimum absolute atomic E-state index is 0.00764. The van der Waals surface area contributed by atoms with Crippen molar-refractivity contribution < 1.29 is 0 Å². The standard InChI is InChI=1S/C20H20Cl2N2S/c1-20(14-24-13-12-23-15-24,25-18-8-6-17(21)7-9-18)11-10-16-4-2-3-5-19(16)22/h2-9,12-13,15H,10-11,14H2,1H3. The van der Waals surface area contributed by atoms with Crippen LogP contribution in [0.3, 0.4) is 0 Å². The Morgan fingerprint density at radius 2 is 1.84 bits per heavy atom. The Labute approximate surface area is 163 Å². The molecule has 0 amide bonds. The maximum Gasteiger partial charge on any atom is 0.0946 e. The topological polar surface area (TPSA) is 17.8 Å². The van der Waals surface area contributed by atoms with Crippen molar-refractivity contribution in [3.63, 3.8) is 0 Å². The molecule has 1 aromatic heterocycles. The lowest BCUT2D eigenvalue weighted by Crippen LogP contribution is -2.27. The Bertz CT molecular complexity index is 803. The van der Waals surface area contributed by atoms with Gasteiger partial charge in [0.25, 0.3) is 0 Å². The Morgan fingerprint density at radius 3 is 2.52 bits per heavy atom. The predicted octanol–water partition coefficient (Wildman–Crippen LogP) is 6.37. The summed E-state index contributed by atoms with van der Waals surface area (Å²) in [6.07, 6.45) is 7.64. The first-order chi connectivity index (χ1) is 12.0. The van der Waals surface area contributed by atoms with E-state index in [2.05, 4.69) is 34.7 Å². The number of imidazole rings is 1. The van der Waals surface area contributed by atoms with Crippen LogP contribution in [-0.2, 0) is 13.0 Å². The number of aromatic nitrogens is 2. The zero-order valence-corrected chi connectivity index (χ0v) is 16.4. The van der Waals surface area contributed by atoms with E-state index < -0.39 is 0 Å². The highest BCUT2D eigenvalue weighted by Gasteiger charge is 2.26. The van der Waals surface area contributed by atoms with Gasteiger partial charge < -0.3 is 4.57 Å². The van der Waals surface area contributed by atoms with Crippen molar-refractivity contribution >= 4 is 35.0 Å². The summed E-state index contributed by atoms with van der Waals surface area (Å²) in [6.45, 7) is 3.17. The van der Waals surface area contributed by atoms with Crippen molar-refractivity contribution in [3.8, 4) is 0 Å². The van der Waals surface area contributed by atoms with Gasteiger partial charge in [-0.2, -0.15) is 0 Å². The number of rotatable bonds is 7. The van der Waals surface area contributed by atoms with E-state index in [0.29, 0.717) is 0 Å². The molecule has 0 spiro atoms. The van der Waals surface area contributed by atoms with Crippen molar-refractivity contribution in [1.82, 2.24) is 9.55 Å². The Balaban J connectivity index is 1.78. The predicted molar refractivity (Wildman–Crippen MR) is 108 cm³/mol. The fourth-order valence-corrected chi connectivity index (χ4v) is 4.43. The highest BCUT2D eigenvalue weighted by Crippen LogP contribution is 2.38. The molecule has 2 aromatic carbocycles. The number of hydrogen-bond donors (Lipinski definition) is 0. The molecule has 1 heterocycles. The van der Waals surface area contributed by atoms with Gasteiger partial charge in [0.15, 0.2) is 0 Å². The quantitative estimate of drug-likeness (QED) is 0.435. The largest absolute Gasteiger partial charge is 0.336 e. The number of thioether (sulfide) groups is 1. The van der Waals surface area contributed by atoms with Crippen molar-refractivity contribution in [3.05, 3.63) is 82.9 Å². The van der Waals surface area contributed by atoms with E-state index in [-0.39, 0.29) is 4.75 Å². The van der Waals surface area contributed by atoms with E-state index in [1.54, 1.807) is 0 Å². The van der Waals surface area contributed by atoms with Crippen molar-refractivity contribution in [2.45, 2.75) is 36.0 Å². The van der Waals surface area contributed by atoms with Gasteiger partial charge in [0.1, 0.15) is 0 Å². The van der Waals surface area contributed by atoms with Crippen LogP contribution in [0.4, 0.5) is 0 Å². The number of hydrogen-bond acceptors (Lipinski definition) is 2. The summed E-state index contributed by atoms with van der Waals surface area (Å²) < 4.78 is 2.14. The van der Waals surface area contributed by atoms with Crippen LogP contribution in [-0.4, -0.2) is 14.3 Å². The molecule has 0 saturated carbocycles. The molecule has 0 N–H and O–H groups in total. The molecular formula is C20H20Cl2N2S. The minimum Gasteiger partial charge on any atom is -0.336 e. The maximum absolute atomic E-state index is 6.34. The van der Waals surface area contributed by atoms with E-state index in [1.165, 1.54) is 10.5 Å². The lowest BCUT2D eigenvalue weighted by atomic mass is 10.00. The normalized spacial score (nSPS) is 13.6. The van der Waals surface area contributed by atoms with E-state index in [9.17, 15) is 0 Å². The highest BCUT2D eigenvalue weighted by molar-refractivity contribution is 8.00. The second-order valence-corrected chi connectivity index (χ2v) is 8.84. The average Bonchev–Trinajstić information content (AvgIpc) is 3.09. The molecule has 3 rings (SSSR count). The Kier molecular flexibility index (Phi) is 6.10. The van der Waals surface area contributed by atoms with Crippen LogP contribution >= 0.6 is 35.0 Å². The lowest BCUT2D eigenvalue weighted by Gasteiger charge is -2.30. The number of aryl methyl sites for hydroxylation is 1. The second-order valence-electron chi connectivity index (χ2n) is 6.33. The van der Waals surface area contributed by atoms with Gasteiger partial charge in [0, 0.05) is 38.6 Å². The van der Waals surface area contributed by atoms with Crippen LogP contribution in [0, 0.1) is 0 Å². The van der Waals surface area contributed by atoms with Gasteiger partial charge >= 0.3 is 0 Å². The summed E-state index contributed by atoms with van der Waals surface area (Å²) in [5, 5.41) is 1.60. The molecule has 1 atom stereocenters. The number of nitrogens with zero attached hydrogens (tertiary/aromatic N) is 2. The molecule has 0 aliphatic heterocycles. The maximum atomic E-state index is 6.34. The third-order valence-corrected chi connectivity index (χ3v) is 6.09. The zero-order valence-electron chi connectivity index (χ0n) is 14.0. The summed E-state index contributed by atoms with van der Waals surface area (Å²) in [4.78, 5) is 5.39. The fourth-order valence-electron chi connectivity index (χ4n) is 2.82. The smallest absolute Gasteiger partial charge is 0.0946 e. The molecule has 130 valence electrons. The third-order valence-electron chi connectivity index (χ3n) is 4.14. The van der Waals surface area contributed by atoms with Gasteiger partial charge in [-0.25, -0.2) is 4.98 Å². The van der Waals surface area contributed by atoms with Crippen LogP contribution in [0.2, 0.25) is 10.0 Å². The van der Waals surface area contributed by atoms with Crippen molar-refractivity contribution in [1.29, 1.82) is 0 Å². The lowest BCUT2D eigenvalue weighted by molar-refractivity contribution is 0.495. The summed E-state index contributed by atoms with van der Waals surface area (Å²) in [5.74, 6) is 0. The van der Waals surface area contributed by atoms with Crippen LogP contribution < -0.4 is 0 Å². The van der Waals surface area contributed by atoms with Crippen molar-refractivity contribution in [2.24, 2.45) is 0 Å².